The molecule has 0 fully saturated rings. The maximum atomic E-state index is 9.20. The predicted octanol–water partition coefficient (Wildman–Crippen LogP) is 4.06. The van der Waals surface area contributed by atoms with Crippen molar-refractivity contribution in [3.8, 4) is 11.5 Å². The molecule has 0 amide bonds. The van der Waals surface area contributed by atoms with Crippen LogP contribution in [0.3, 0.4) is 0 Å². The van der Waals surface area contributed by atoms with Crippen molar-refractivity contribution in [1.29, 1.82) is 0 Å². The molecule has 5 nitrogen and oxygen atoms in total. The average molecular weight is 368 g/mol. The Morgan fingerprint density at radius 1 is 1.04 bits per heavy atom. The zero-order chi connectivity index (χ0) is 19.2. The number of para-hydroxylation sites is 2. The van der Waals surface area contributed by atoms with Gasteiger partial charge < -0.3 is 19.1 Å². The minimum Gasteiger partial charge on any atom is -0.493 e. The van der Waals surface area contributed by atoms with Crippen molar-refractivity contribution in [2.24, 2.45) is 0 Å². The van der Waals surface area contributed by atoms with E-state index in [1.165, 1.54) is 11.1 Å². The van der Waals surface area contributed by atoms with Crippen molar-refractivity contribution in [2.45, 2.75) is 39.7 Å². The standard InChI is InChI=1S/C22H28N2O3/c1-16-14-18-19(15-17(16)2)24(22(23-18)10-6-12-25)11-7-13-27-21-9-5-4-8-20(21)26-3/h4-5,8-9,14-15,25H,6-7,10-13H2,1-3H3. The van der Waals surface area contributed by atoms with Gasteiger partial charge in [0.15, 0.2) is 11.5 Å². The fourth-order valence-electron chi connectivity index (χ4n) is 3.25. The van der Waals surface area contributed by atoms with Crippen LogP contribution in [0.15, 0.2) is 36.4 Å². The summed E-state index contributed by atoms with van der Waals surface area (Å²) in [6.45, 7) is 5.85. The third-order valence-corrected chi connectivity index (χ3v) is 4.85. The van der Waals surface area contributed by atoms with E-state index in [4.69, 9.17) is 14.5 Å². The normalized spacial score (nSPS) is 11.1. The Morgan fingerprint density at radius 2 is 1.78 bits per heavy atom. The summed E-state index contributed by atoms with van der Waals surface area (Å²) in [5, 5.41) is 9.20. The van der Waals surface area contributed by atoms with Crippen LogP contribution in [0.25, 0.3) is 11.0 Å². The highest BCUT2D eigenvalue weighted by molar-refractivity contribution is 5.78. The van der Waals surface area contributed by atoms with Crippen LogP contribution in [0.4, 0.5) is 0 Å². The highest BCUT2D eigenvalue weighted by atomic mass is 16.5. The summed E-state index contributed by atoms with van der Waals surface area (Å²) in [4.78, 5) is 4.81. The molecule has 0 saturated heterocycles. The molecule has 144 valence electrons. The molecular weight excluding hydrogens is 340 g/mol. The van der Waals surface area contributed by atoms with E-state index < -0.39 is 0 Å². The van der Waals surface area contributed by atoms with Gasteiger partial charge in [-0.25, -0.2) is 4.98 Å². The Kier molecular flexibility index (Phi) is 6.35. The van der Waals surface area contributed by atoms with Crippen molar-refractivity contribution in [3.05, 3.63) is 53.3 Å². The number of rotatable bonds is 9. The molecule has 2 aromatic carbocycles. The SMILES string of the molecule is COc1ccccc1OCCCn1c(CCCO)nc2cc(C)c(C)cc21. The van der Waals surface area contributed by atoms with E-state index in [1.807, 2.05) is 24.3 Å². The second-order valence-electron chi connectivity index (χ2n) is 6.78. The molecule has 0 radical (unpaired) electrons. The molecule has 0 aliphatic heterocycles. The zero-order valence-electron chi connectivity index (χ0n) is 16.4. The molecule has 1 aromatic heterocycles. The zero-order valence-corrected chi connectivity index (χ0v) is 16.4. The number of fused-ring (bicyclic) bond motifs is 1. The highest BCUT2D eigenvalue weighted by Crippen LogP contribution is 2.26. The fraction of sp³-hybridized carbons (Fsp3) is 0.409. The van der Waals surface area contributed by atoms with Crippen molar-refractivity contribution in [3.63, 3.8) is 0 Å². The van der Waals surface area contributed by atoms with Gasteiger partial charge in [0.1, 0.15) is 5.82 Å². The second kappa shape index (κ2) is 8.91. The van der Waals surface area contributed by atoms with E-state index in [9.17, 15) is 5.11 Å². The van der Waals surface area contributed by atoms with E-state index in [1.54, 1.807) is 7.11 Å². The van der Waals surface area contributed by atoms with Crippen molar-refractivity contribution < 1.29 is 14.6 Å². The van der Waals surface area contributed by atoms with Crippen molar-refractivity contribution in [1.82, 2.24) is 9.55 Å². The molecule has 0 bridgehead atoms. The van der Waals surface area contributed by atoms with E-state index in [-0.39, 0.29) is 6.61 Å². The van der Waals surface area contributed by atoms with Gasteiger partial charge in [0.25, 0.3) is 0 Å². The van der Waals surface area contributed by atoms with Crippen molar-refractivity contribution >= 4 is 11.0 Å². The predicted molar refractivity (Wildman–Crippen MR) is 108 cm³/mol. The number of imidazole rings is 1. The minimum atomic E-state index is 0.179. The number of aliphatic hydroxyl groups is 1. The Balaban J connectivity index is 1.73. The van der Waals surface area contributed by atoms with Gasteiger partial charge in [0, 0.05) is 19.6 Å². The number of aryl methyl sites for hydroxylation is 4. The fourth-order valence-corrected chi connectivity index (χ4v) is 3.25. The molecule has 0 aliphatic carbocycles. The van der Waals surface area contributed by atoms with Gasteiger partial charge in [-0.1, -0.05) is 12.1 Å². The molecular formula is C22H28N2O3. The Bertz CT molecular complexity index is 902. The van der Waals surface area contributed by atoms with Gasteiger partial charge in [-0.05, 0) is 62.1 Å². The summed E-state index contributed by atoms with van der Waals surface area (Å²) in [5.41, 5.74) is 4.70. The molecule has 27 heavy (non-hydrogen) atoms. The van der Waals surface area contributed by atoms with Crippen molar-refractivity contribution in [2.75, 3.05) is 20.3 Å². The quantitative estimate of drug-likeness (QED) is 0.579. The first-order valence-corrected chi connectivity index (χ1v) is 9.47. The molecule has 1 heterocycles. The number of benzene rings is 2. The van der Waals surface area contributed by atoms with Gasteiger partial charge in [0.05, 0.1) is 24.8 Å². The van der Waals surface area contributed by atoms with E-state index in [0.29, 0.717) is 6.61 Å². The van der Waals surface area contributed by atoms with Gasteiger partial charge in [0.2, 0.25) is 0 Å². The first kappa shape index (κ1) is 19.2. The third-order valence-electron chi connectivity index (χ3n) is 4.85. The highest BCUT2D eigenvalue weighted by Gasteiger charge is 2.12. The topological polar surface area (TPSA) is 56.5 Å². The third kappa shape index (κ3) is 4.42. The first-order valence-electron chi connectivity index (χ1n) is 9.47. The average Bonchev–Trinajstić information content (AvgIpc) is 3.00. The summed E-state index contributed by atoms with van der Waals surface area (Å²) in [7, 11) is 1.65. The number of hydrogen-bond acceptors (Lipinski definition) is 4. The van der Waals surface area contributed by atoms with Gasteiger partial charge >= 0.3 is 0 Å². The lowest BCUT2D eigenvalue weighted by molar-refractivity contribution is 0.279. The largest absolute Gasteiger partial charge is 0.493 e. The van der Waals surface area contributed by atoms with Gasteiger partial charge in [-0.3, -0.25) is 0 Å². The van der Waals surface area contributed by atoms with Gasteiger partial charge in [-0.2, -0.15) is 0 Å². The summed E-state index contributed by atoms with van der Waals surface area (Å²) >= 11 is 0. The second-order valence-corrected chi connectivity index (χ2v) is 6.78. The van der Waals surface area contributed by atoms with Crippen LogP contribution in [0, 0.1) is 13.8 Å². The van der Waals surface area contributed by atoms with E-state index in [0.717, 1.165) is 54.2 Å². The smallest absolute Gasteiger partial charge is 0.161 e. The maximum Gasteiger partial charge on any atom is 0.161 e. The lowest BCUT2D eigenvalue weighted by Gasteiger charge is -2.12. The van der Waals surface area contributed by atoms with Crippen LogP contribution in [0.1, 0.15) is 29.8 Å². The maximum absolute atomic E-state index is 9.20. The summed E-state index contributed by atoms with van der Waals surface area (Å²) < 4.78 is 13.5. The number of aliphatic hydroxyl groups excluding tert-OH is 1. The summed E-state index contributed by atoms with van der Waals surface area (Å²) in [6, 6.07) is 12.1. The van der Waals surface area contributed by atoms with E-state index >= 15 is 0 Å². The van der Waals surface area contributed by atoms with E-state index in [2.05, 4.69) is 30.5 Å². The lowest BCUT2D eigenvalue weighted by Crippen LogP contribution is -2.09. The summed E-state index contributed by atoms with van der Waals surface area (Å²) in [5.74, 6) is 2.55. The van der Waals surface area contributed by atoms with Gasteiger partial charge in [-0.15, -0.1) is 0 Å². The molecule has 0 saturated carbocycles. The molecule has 3 aromatic rings. The number of hydrogen-bond donors (Lipinski definition) is 1. The molecule has 5 heteroatoms. The molecule has 0 atom stereocenters. The van der Waals surface area contributed by atoms with Crippen LogP contribution in [0.5, 0.6) is 11.5 Å². The number of ether oxygens (including phenoxy) is 2. The Labute approximate surface area is 160 Å². The van der Waals surface area contributed by atoms with Crippen LogP contribution in [-0.2, 0) is 13.0 Å². The molecule has 1 N–H and O–H groups in total. The van der Waals surface area contributed by atoms with Crippen LogP contribution >= 0.6 is 0 Å². The van der Waals surface area contributed by atoms with Crippen LogP contribution in [0.2, 0.25) is 0 Å². The molecule has 0 unspecified atom stereocenters. The number of aromatic nitrogens is 2. The number of methoxy groups -OCH3 is 1. The Hall–Kier alpha value is -2.53. The monoisotopic (exact) mass is 368 g/mol. The molecule has 3 rings (SSSR count). The van der Waals surface area contributed by atoms with Crippen LogP contribution in [-0.4, -0.2) is 35.0 Å². The first-order chi connectivity index (χ1) is 13.1. The Morgan fingerprint density at radius 3 is 2.52 bits per heavy atom. The molecule has 0 aliphatic rings. The molecule has 0 spiro atoms. The minimum absolute atomic E-state index is 0.179. The summed E-state index contributed by atoms with van der Waals surface area (Å²) in [6.07, 6.45) is 2.36. The number of nitrogens with zero attached hydrogens (tertiary/aromatic N) is 2. The lowest BCUT2D eigenvalue weighted by atomic mass is 10.1. The van der Waals surface area contributed by atoms with Crippen LogP contribution < -0.4 is 9.47 Å².